The van der Waals surface area contributed by atoms with Crippen LogP contribution >= 0.6 is 23.2 Å². The van der Waals surface area contributed by atoms with Gasteiger partial charge in [-0.25, -0.2) is 0 Å². The van der Waals surface area contributed by atoms with Gasteiger partial charge < -0.3 is 14.6 Å². The molecule has 2 saturated heterocycles. The molecule has 2 aromatic rings. The Kier molecular flexibility index (Phi) is 5.23. The van der Waals surface area contributed by atoms with Gasteiger partial charge in [0, 0.05) is 37.2 Å². The van der Waals surface area contributed by atoms with Crippen molar-refractivity contribution >= 4 is 29.1 Å². The molecule has 2 aliphatic rings. The number of likely N-dealkylation sites (tertiary alicyclic amines) is 1. The molecule has 3 heterocycles. The molecule has 164 valence electrons. The van der Waals surface area contributed by atoms with Crippen molar-refractivity contribution in [1.29, 1.82) is 5.26 Å². The van der Waals surface area contributed by atoms with Crippen LogP contribution in [0, 0.1) is 22.2 Å². The van der Waals surface area contributed by atoms with Crippen LogP contribution in [-0.2, 0) is 10.7 Å². The quantitative estimate of drug-likeness (QED) is 0.734. The predicted molar refractivity (Wildman–Crippen MR) is 108 cm³/mol. The first kappa shape index (κ1) is 21.9. The maximum Gasteiger partial charge on any atom is 0.349 e. The first-order chi connectivity index (χ1) is 14.5. The van der Waals surface area contributed by atoms with E-state index in [1.165, 1.54) is 6.07 Å². The Morgan fingerprint density at radius 2 is 2.03 bits per heavy atom. The minimum Gasteiger partial charge on any atom is -0.419 e. The molecule has 1 spiro atoms. The average molecular weight is 470 g/mol. The van der Waals surface area contributed by atoms with Gasteiger partial charge >= 0.3 is 5.92 Å². The number of carbonyl (C=O) groups is 1. The topological polar surface area (TPSA) is 95.1 Å². The van der Waals surface area contributed by atoms with Gasteiger partial charge in [-0.15, -0.1) is 10.2 Å². The zero-order valence-corrected chi connectivity index (χ0v) is 18.3. The van der Waals surface area contributed by atoms with E-state index in [-0.39, 0.29) is 27.8 Å². The fourth-order valence-electron chi connectivity index (χ4n) is 4.10. The highest BCUT2D eigenvalue weighted by Gasteiger charge is 2.57. The number of hydrogen-bond acceptors (Lipinski definition) is 6. The van der Waals surface area contributed by atoms with Crippen molar-refractivity contribution in [3.05, 3.63) is 45.6 Å². The molecule has 0 radical (unpaired) electrons. The van der Waals surface area contributed by atoms with Crippen LogP contribution in [0.2, 0.25) is 10.0 Å². The Morgan fingerprint density at radius 3 is 2.68 bits per heavy atom. The summed E-state index contributed by atoms with van der Waals surface area (Å²) >= 11 is 11.7. The molecule has 0 saturated carbocycles. The lowest BCUT2D eigenvalue weighted by Crippen LogP contribution is -2.63. The summed E-state index contributed by atoms with van der Waals surface area (Å²) in [5.74, 6) is -4.87. The lowest BCUT2D eigenvalue weighted by molar-refractivity contribution is -0.150. The van der Waals surface area contributed by atoms with Gasteiger partial charge in [0.2, 0.25) is 11.8 Å². The van der Waals surface area contributed by atoms with E-state index in [1.807, 2.05) is 6.07 Å². The van der Waals surface area contributed by atoms with E-state index in [4.69, 9.17) is 27.6 Å². The summed E-state index contributed by atoms with van der Waals surface area (Å²) in [6, 6.07) is 5.51. The molecule has 11 heteroatoms. The number of halogens is 4. The number of nitriles is 1. The van der Waals surface area contributed by atoms with Gasteiger partial charge in [0.15, 0.2) is 0 Å². The van der Waals surface area contributed by atoms with E-state index in [1.54, 1.807) is 18.7 Å². The van der Waals surface area contributed by atoms with Crippen LogP contribution in [0.3, 0.4) is 0 Å². The van der Waals surface area contributed by atoms with Gasteiger partial charge in [0.05, 0.1) is 22.0 Å². The van der Waals surface area contributed by atoms with Gasteiger partial charge in [0.1, 0.15) is 5.41 Å². The third-order valence-corrected chi connectivity index (χ3v) is 6.71. The molecule has 1 atom stereocenters. The molecule has 1 unspecified atom stereocenters. The molecule has 2 aliphatic heterocycles. The van der Waals surface area contributed by atoms with Crippen LogP contribution in [0.25, 0.3) is 0 Å². The first-order valence-electron chi connectivity index (χ1n) is 9.59. The van der Waals surface area contributed by atoms with Gasteiger partial charge in [-0.05, 0) is 26.0 Å². The molecular weight excluding hydrogens is 451 g/mol. The largest absolute Gasteiger partial charge is 0.419 e. The molecule has 0 aliphatic carbocycles. The first-order valence-corrected chi connectivity index (χ1v) is 10.3. The van der Waals surface area contributed by atoms with Crippen molar-refractivity contribution < 1.29 is 18.0 Å². The summed E-state index contributed by atoms with van der Waals surface area (Å²) in [6.45, 7) is 4.95. The number of amides is 1. The highest BCUT2D eigenvalue weighted by Crippen LogP contribution is 2.47. The SMILES string of the molecule is CC(C)(C#N)C(=O)N1CC2(CNCC2c2nnc(C(F)(F)c3ccc(Cl)c(Cl)c3)o2)C1. The Balaban J connectivity index is 1.54. The standard InChI is InChI=1S/C20H19Cl2F2N5O2/c1-18(2,7-25)17(30)29-9-19(10-29)8-26-6-12(19)15-27-28-16(31-15)20(23,24)11-3-4-13(21)14(22)5-11/h3-5,12,26H,6,8-10H2,1-2H3. The average Bonchev–Trinajstić information content (AvgIpc) is 3.35. The number of carbonyl (C=O) groups excluding carboxylic acids is 1. The molecule has 1 aromatic heterocycles. The maximum atomic E-state index is 14.9. The predicted octanol–water partition coefficient (Wildman–Crippen LogP) is 3.58. The summed E-state index contributed by atoms with van der Waals surface area (Å²) in [7, 11) is 0. The van der Waals surface area contributed by atoms with Crippen LogP contribution in [-0.4, -0.2) is 47.2 Å². The summed E-state index contributed by atoms with van der Waals surface area (Å²) in [5, 5.41) is 20.1. The summed E-state index contributed by atoms with van der Waals surface area (Å²) in [4.78, 5) is 14.1. The number of nitrogens with zero attached hydrogens (tertiary/aromatic N) is 4. The van der Waals surface area contributed by atoms with Gasteiger partial charge in [0.25, 0.3) is 5.89 Å². The van der Waals surface area contributed by atoms with E-state index in [9.17, 15) is 18.8 Å². The number of aromatic nitrogens is 2. The van der Waals surface area contributed by atoms with Gasteiger partial charge in [-0.3, -0.25) is 4.79 Å². The number of hydrogen-bond donors (Lipinski definition) is 1. The molecule has 4 rings (SSSR count). The summed E-state index contributed by atoms with van der Waals surface area (Å²) in [5.41, 5.74) is -1.93. The van der Waals surface area contributed by atoms with Crippen LogP contribution < -0.4 is 5.32 Å². The van der Waals surface area contributed by atoms with Crippen molar-refractivity contribution in [2.45, 2.75) is 25.7 Å². The second kappa shape index (κ2) is 7.40. The molecule has 2 fully saturated rings. The fraction of sp³-hybridized carbons (Fsp3) is 0.500. The lowest BCUT2D eigenvalue weighted by Gasteiger charge is -2.51. The molecule has 1 aromatic carbocycles. The van der Waals surface area contributed by atoms with Crippen LogP contribution in [0.1, 0.15) is 37.1 Å². The zero-order chi connectivity index (χ0) is 22.6. The molecule has 1 N–H and O–H groups in total. The van der Waals surface area contributed by atoms with E-state index in [2.05, 4.69) is 15.5 Å². The molecule has 7 nitrogen and oxygen atoms in total. The van der Waals surface area contributed by atoms with E-state index in [0.29, 0.717) is 26.2 Å². The van der Waals surface area contributed by atoms with E-state index < -0.39 is 28.2 Å². The van der Waals surface area contributed by atoms with Gasteiger partial charge in [-0.2, -0.15) is 14.0 Å². The number of benzene rings is 1. The number of nitrogens with one attached hydrogen (secondary N) is 1. The minimum absolute atomic E-state index is 0.00274. The molecule has 0 bridgehead atoms. The lowest BCUT2D eigenvalue weighted by atomic mass is 9.70. The number of alkyl halides is 2. The summed E-state index contributed by atoms with van der Waals surface area (Å²) < 4.78 is 35.3. The smallest absolute Gasteiger partial charge is 0.349 e. The van der Waals surface area contributed by atoms with E-state index >= 15 is 0 Å². The molecule has 1 amide bonds. The third-order valence-electron chi connectivity index (χ3n) is 5.97. The van der Waals surface area contributed by atoms with Crippen molar-refractivity contribution in [3.8, 4) is 6.07 Å². The highest BCUT2D eigenvalue weighted by molar-refractivity contribution is 6.42. The second-order valence-corrected chi connectivity index (χ2v) is 9.41. The zero-order valence-electron chi connectivity index (χ0n) is 16.8. The monoisotopic (exact) mass is 469 g/mol. The van der Waals surface area contributed by atoms with Crippen molar-refractivity contribution in [3.63, 3.8) is 0 Å². The number of rotatable bonds is 4. The summed E-state index contributed by atoms with van der Waals surface area (Å²) in [6.07, 6.45) is 0. The molecular formula is C20H19Cl2F2N5O2. The van der Waals surface area contributed by atoms with Gasteiger partial charge in [-0.1, -0.05) is 29.3 Å². The Labute approximate surface area is 187 Å². The Hall–Kier alpha value is -2.28. The second-order valence-electron chi connectivity index (χ2n) is 8.59. The van der Waals surface area contributed by atoms with Crippen molar-refractivity contribution in [2.75, 3.05) is 26.2 Å². The third kappa shape index (κ3) is 3.56. The van der Waals surface area contributed by atoms with Crippen molar-refractivity contribution in [2.24, 2.45) is 10.8 Å². The maximum absolute atomic E-state index is 14.9. The van der Waals surface area contributed by atoms with Crippen LogP contribution in [0.5, 0.6) is 0 Å². The Bertz CT molecular complexity index is 1080. The van der Waals surface area contributed by atoms with Crippen LogP contribution in [0.4, 0.5) is 8.78 Å². The van der Waals surface area contributed by atoms with E-state index in [0.717, 1.165) is 12.1 Å². The minimum atomic E-state index is -3.54. The van der Waals surface area contributed by atoms with Crippen molar-refractivity contribution in [1.82, 2.24) is 20.4 Å². The van der Waals surface area contributed by atoms with Crippen LogP contribution in [0.15, 0.2) is 22.6 Å². The Morgan fingerprint density at radius 1 is 1.32 bits per heavy atom. The highest BCUT2D eigenvalue weighted by atomic mass is 35.5. The fourth-order valence-corrected chi connectivity index (χ4v) is 4.40. The normalized spacial score (nSPS) is 20.5. The molecule has 31 heavy (non-hydrogen) atoms.